The maximum atomic E-state index is 12.7. The molecule has 0 aromatic heterocycles. The monoisotopic (exact) mass is 297 g/mol. The molecular formula is C12H12Cl2F3N. The van der Waals surface area contributed by atoms with Crippen LogP contribution in [0.25, 0.3) is 0 Å². The summed E-state index contributed by atoms with van der Waals surface area (Å²) in [5.41, 5.74) is -0.0916. The van der Waals surface area contributed by atoms with E-state index in [4.69, 9.17) is 11.6 Å². The van der Waals surface area contributed by atoms with Crippen LogP contribution < -0.4 is 5.32 Å². The van der Waals surface area contributed by atoms with E-state index in [1.807, 2.05) is 0 Å². The van der Waals surface area contributed by atoms with Crippen molar-refractivity contribution in [3.8, 4) is 0 Å². The Kier molecular flexibility index (Phi) is 3.33. The van der Waals surface area contributed by atoms with Gasteiger partial charge in [0.1, 0.15) is 0 Å². The van der Waals surface area contributed by atoms with Gasteiger partial charge in [0.05, 0.1) is 5.56 Å². The SMILES string of the molecule is Cl.FC(F)(F)c1ccc(Cl)c(C23CNCC2C3)c1. The molecule has 2 unspecified atom stereocenters. The topological polar surface area (TPSA) is 12.0 Å². The summed E-state index contributed by atoms with van der Waals surface area (Å²) >= 11 is 6.05. The molecule has 1 aliphatic carbocycles. The summed E-state index contributed by atoms with van der Waals surface area (Å²) in [6, 6.07) is 3.62. The van der Waals surface area contributed by atoms with E-state index >= 15 is 0 Å². The molecule has 3 rings (SSSR count). The average Bonchev–Trinajstić information content (AvgIpc) is 2.80. The van der Waals surface area contributed by atoms with E-state index in [-0.39, 0.29) is 17.8 Å². The first-order valence-corrected chi connectivity index (χ1v) is 5.89. The molecule has 1 aromatic carbocycles. The van der Waals surface area contributed by atoms with Crippen LogP contribution in [0.3, 0.4) is 0 Å². The van der Waals surface area contributed by atoms with Crippen LogP contribution in [-0.4, -0.2) is 13.1 Å². The number of hydrogen-bond donors (Lipinski definition) is 1. The maximum absolute atomic E-state index is 12.7. The number of rotatable bonds is 1. The van der Waals surface area contributed by atoms with Gasteiger partial charge in [-0.2, -0.15) is 13.2 Å². The lowest BCUT2D eigenvalue weighted by Gasteiger charge is -2.16. The normalized spacial score (nSPS) is 29.7. The molecule has 1 saturated carbocycles. The summed E-state index contributed by atoms with van der Waals surface area (Å²) in [6.45, 7) is 1.62. The van der Waals surface area contributed by atoms with Gasteiger partial charge in [0.25, 0.3) is 0 Å². The van der Waals surface area contributed by atoms with Gasteiger partial charge in [0.2, 0.25) is 0 Å². The first-order valence-electron chi connectivity index (χ1n) is 5.51. The Morgan fingerprint density at radius 2 is 2.06 bits per heavy atom. The van der Waals surface area contributed by atoms with Gasteiger partial charge in [-0.3, -0.25) is 0 Å². The van der Waals surface area contributed by atoms with E-state index in [1.165, 1.54) is 12.1 Å². The Morgan fingerprint density at radius 3 is 2.56 bits per heavy atom. The molecule has 1 saturated heterocycles. The largest absolute Gasteiger partial charge is 0.416 e. The van der Waals surface area contributed by atoms with Crippen molar-refractivity contribution in [2.45, 2.75) is 18.0 Å². The van der Waals surface area contributed by atoms with Crippen LogP contribution in [0, 0.1) is 5.92 Å². The second-order valence-corrected chi connectivity index (χ2v) is 5.29. The second-order valence-electron chi connectivity index (χ2n) is 4.88. The Bertz CT molecular complexity index is 475. The van der Waals surface area contributed by atoms with Gasteiger partial charge in [-0.1, -0.05) is 11.6 Å². The molecule has 1 aliphatic heterocycles. The summed E-state index contributed by atoms with van der Waals surface area (Å²) in [5.74, 6) is 0.448. The van der Waals surface area contributed by atoms with Gasteiger partial charge in [0, 0.05) is 17.0 Å². The molecule has 0 bridgehead atoms. The lowest BCUT2D eigenvalue weighted by molar-refractivity contribution is -0.137. The van der Waals surface area contributed by atoms with E-state index in [1.54, 1.807) is 0 Å². The third-order valence-electron chi connectivity index (χ3n) is 3.89. The van der Waals surface area contributed by atoms with Gasteiger partial charge in [-0.05, 0) is 42.6 Å². The number of fused-ring (bicyclic) bond motifs is 1. The predicted molar refractivity (Wildman–Crippen MR) is 66.4 cm³/mol. The van der Waals surface area contributed by atoms with Crippen LogP contribution in [0.5, 0.6) is 0 Å². The average molecular weight is 298 g/mol. The Balaban J connectivity index is 0.00000120. The number of halogens is 5. The highest BCUT2D eigenvalue weighted by atomic mass is 35.5. The molecule has 6 heteroatoms. The van der Waals surface area contributed by atoms with E-state index in [0.29, 0.717) is 16.5 Å². The van der Waals surface area contributed by atoms with Crippen molar-refractivity contribution in [1.29, 1.82) is 0 Å². The smallest absolute Gasteiger partial charge is 0.316 e. The lowest BCUT2D eigenvalue weighted by Crippen LogP contribution is -2.20. The fraction of sp³-hybridized carbons (Fsp3) is 0.500. The van der Waals surface area contributed by atoms with Crippen LogP contribution >= 0.6 is 24.0 Å². The summed E-state index contributed by atoms with van der Waals surface area (Å²) in [6.07, 6.45) is -3.35. The van der Waals surface area contributed by atoms with Crippen LogP contribution in [-0.2, 0) is 11.6 Å². The highest BCUT2D eigenvalue weighted by Crippen LogP contribution is 2.58. The molecule has 2 atom stereocenters. The summed E-state index contributed by atoms with van der Waals surface area (Å²) < 4.78 is 38.0. The highest BCUT2D eigenvalue weighted by molar-refractivity contribution is 6.31. The standard InChI is InChI=1S/C12H11ClF3N.ClH/c13-10-2-1-7(12(14,15)16)3-9(10)11-4-8(11)5-17-6-11;/h1-3,8,17H,4-6H2;1H. The molecule has 0 radical (unpaired) electrons. The number of piperidine rings is 1. The zero-order valence-electron chi connectivity index (χ0n) is 9.35. The van der Waals surface area contributed by atoms with Gasteiger partial charge < -0.3 is 5.32 Å². The van der Waals surface area contributed by atoms with Crippen LogP contribution in [0.1, 0.15) is 17.5 Å². The fourth-order valence-electron chi connectivity index (χ4n) is 2.84. The van der Waals surface area contributed by atoms with Gasteiger partial charge in [-0.25, -0.2) is 0 Å². The van der Waals surface area contributed by atoms with Crippen molar-refractivity contribution in [1.82, 2.24) is 5.32 Å². The van der Waals surface area contributed by atoms with Crippen molar-refractivity contribution in [3.05, 3.63) is 34.3 Å². The van der Waals surface area contributed by atoms with Crippen LogP contribution in [0.15, 0.2) is 18.2 Å². The minimum atomic E-state index is -4.30. The molecule has 1 nitrogen and oxygen atoms in total. The van der Waals surface area contributed by atoms with Crippen LogP contribution in [0.4, 0.5) is 13.2 Å². The van der Waals surface area contributed by atoms with Gasteiger partial charge in [-0.15, -0.1) is 12.4 Å². The minimum absolute atomic E-state index is 0. The van der Waals surface area contributed by atoms with Crippen molar-refractivity contribution in [2.75, 3.05) is 13.1 Å². The molecule has 1 heterocycles. The van der Waals surface area contributed by atoms with Crippen molar-refractivity contribution in [2.24, 2.45) is 5.92 Å². The third kappa shape index (κ3) is 2.00. The third-order valence-corrected chi connectivity index (χ3v) is 4.22. The number of alkyl halides is 3. The predicted octanol–water partition coefficient (Wildman–Crippen LogP) is 3.64. The highest BCUT2D eigenvalue weighted by Gasteiger charge is 2.59. The molecule has 0 spiro atoms. The van der Waals surface area contributed by atoms with Crippen molar-refractivity contribution < 1.29 is 13.2 Å². The molecule has 1 N–H and O–H groups in total. The first-order chi connectivity index (χ1) is 7.93. The van der Waals surface area contributed by atoms with E-state index in [0.717, 1.165) is 25.6 Å². The van der Waals surface area contributed by atoms with Crippen LogP contribution in [0.2, 0.25) is 5.02 Å². The zero-order chi connectivity index (χ0) is 12.3. The molecule has 2 aliphatic rings. The number of benzene rings is 1. The van der Waals surface area contributed by atoms with Crippen molar-refractivity contribution >= 4 is 24.0 Å². The Morgan fingerprint density at radius 1 is 1.33 bits per heavy atom. The zero-order valence-corrected chi connectivity index (χ0v) is 10.9. The quantitative estimate of drug-likeness (QED) is 0.834. The molecule has 1 aromatic rings. The second kappa shape index (κ2) is 4.29. The Hall–Kier alpha value is -0.450. The number of hydrogen-bond acceptors (Lipinski definition) is 1. The fourth-order valence-corrected chi connectivity index (χ4v) is 3.15. The Labute approximate surface area is 114 Å². The first kappa shape index (κ1) is 14.0. The molecule has 100 valence electrons. The summed E-state index contributed by atoms with van der Waals surface area (Å²) in [7, 11) is 0. The summed E-state index contributed by atoms with van der Waals surface area (Å²) in [4.78, 5) is 0. The van der Waals surface area contributed by atoms with Crippen molar-refractivity contribution in [3.63, 3.8) is 0 Å². The molecule has 0 amide bonds. The van der Waals surface area contributed by atoms with Gasteiger partial charge in [0.15, 0.2) is 0 Å². The van der Waals surface area contributed by atoms with Gasteiger partial charge >= 0.3 is 6.18 Å². The molecule has 2 fully saturated rings. The molecule has 18 heavy (non-hydrogen) atoms. The van der Waals surface area contributed by atoms with E-state index < -0.39 is 11.7 Å². The van der Waals surface area contributed by atoms with E-state index in [2.05, 4.69) is 5.32 Å². The van der Waals surface area contributed by atoms with E-state index in [9.17, 15) is 13.2 Å². The molecular weight excluding hydrogens is 286 g/mol. The minimum Gasteiger partial charge on any atom is -0.316 e. The summed E-state index contributed by atoms with van der Waals surface area (Å²) in [5, 5.41) is 3.65. The lowest BCUT2D eigenvalue weighted by atomic mass is 9.93. The number of nitrogens with one attached hydrogen (secondary N) is 1. The maximum Gasteiger partial charge on any atom is 0.416 e.